The van der Waals surface area contributed by atoms with Crippen molar-refractivity contribution in [3.05, 3.63) is 33.9 Å². The van der Waals surface area contributed by atoms with Gasteiger partial charge in [-0.2, -0.15) is 0 Å². The standard InChI is InChI=1S/C16H24N4O4/c1-5-19(9-15(21)17-11(2)3)10-16(22)18-13-7-6-12(4)8-14(13)20(23)24/h6-8,11H,5,9-10H2,1-4H3,(H,17,21)(H,18,22). The van der Waals surface area contributed by atoms with E-state index in [0.717, 1.165) is 5.56 Å². The summed E-state index contributed by atoms with van der Waals surface area (Å²) >= 11 is 0. The summed E-state index contributed by atoms with van der Waals surface area (Å²) in [7, 11) is 0. The van der Waals surface area contributed by atoms with Crippen molar-refractivity contribution in [3.8, 4) is 0 Å². The SMILES string of the molecule is CCN(CC(=O)Nc1ccc(C)cc1[N+](=O)[O-])CC(=O)NC(C)C. The molecule has 0 saturated carbocycles. The van der Waals surface area contributed by atoms with Gasteiger partial charge in [0.2, 0.25) is 11.8 Å². The Morgan fingerprint density at radius 3 is 2.42 bits per heavy atom. The maximum Gasteiger partial charge on any atom is 0.293 e. The van der Waals surface area contributed by atoms with E-state index >= 15 is 0 Å². The molecule has 1 rings (SSSR count). The second-order valence-corrected chi connectivity index (χ2v) is 5.85. The van der Waals surface area contributed by atoms with Crippen LogP contribution in [-0.2, 0) is 9.59 Å². The zero-order valence-corrected chi connectivity index (χ0v) is 14.5. The van der Waals surface area contributed by atoms with Gasteiger partial charge in [0.05, 0.1) is 18.0 Å². The predicted octanol–water partition coefficient (Wildman–Crippen LogP) is 1.69. The van der Waals surface area contributed by atoms with E-state index < -0.39 is 10.8 Å². The molecular formula is C16H24N4O4. The van der Waals surface area contributed by atoms with Crippen molar-refractivity contribution < 1.29 is 14.5 Å². The fourth-order valence-electron chi connectivity index (χ4n) is 2.14. The van der Waals surface area contributed by atoms with Crippen molar-refractivity contribution in [3.63, 3.8) is 0 Å². The monoisotopic (exact) mass is 336 g/mol. The minimum Gasteiger partial charge on any atom is -0.353 e. The summed E-state index contributed by atoms with van der Waals surface area (Å²) in [5.74, 6) is -0.567. The number of nitro groups is 1. The van der Waals surface area contributed by atoms with Crippen molar-refractivity contribution in [1.82, 2.24) is 10.2 Å². The summed E-state index contributed by atoms with van der Waals surface area (Å²) in [6, 6.07) is 4.63. The van der Waals surface area contributed by atoms with Crippen LogP contribution in [0.5, 0.6) is 0 Å². The van der Waals surface area contributed by atoms with Crippen LogP contribution in [0.3, 0.4) is 0 Å². The van der Waals surface area contributed by atoms with Gasteiger partial charge in [-0.3, -0.25) is 24.6 Å². The number of nitro benzene ring substituents is 1. The highest BCUT2D eigenvalue weighted by atomic mass is 16.6. The molecule has 0 fully saturated rings. The summed E-state index contributed by atoms with van der Waals surface area (Å²) in [6.45, 7) is 7.88. The minimum atomic E-state index is -0.531. The molecule has 0 aromatic heterocycles. The molecule has 1 aromatic rings. The molecule has 0 heterocycles. The van der Waals surface area contributed by atoms with Gasteiger partial charge in [0.15, 0.2) is 0 Å². The van der Waals surface area contributed by atoms with Gasteiger partial charge in [0, 0.05) is 12.1 Å². The zero-order chi connectivity index (χ0) is 18.3. The average Bonchev–Trinajstić information content (AvgIpc) is 2.47. The lowest BCUT2D eigenvalue weighted by Crippen LogP contribution is -2.42. The van der Waals surface area contributed by atoms with E-state index in [-0.39, 0.29) is 36.4 Å². The number of nitrogens with one attached hydrogen (secondary N) is 2. The maximum absolute atomic E-state index is 12.1. The van der Waals surface area contributed by atoms with E-state index in [0.29, 0.717) is 6.54 Å². The smallest absolute Gasteiger partial charge is 0.293 e. The van der Waals surface area contributed by atoms with Gasteiger partial charge in [-0.1, -0.05) is 13.0 Å². The molecule has 8 nitrogen and oxygen atoms in total. The van der Waals surface area contributed by atoms with E-state index in [9.17, 15) is 19.7 Å². The number of aryl methyl sites for hydroxylation is 1. The van der Waals surface area contributed by atoms with Crippen molar-refractivity contribution in [2.45, 2.75) is 33.7 Å². The van der Waals surface area contributed by atoms with Crippen LogP contribution < -0.4 is 10.6 Å². The number of rotatable bonds is 8. The molecule has 132 valence electrons. The number of nitrogens with zero attached hydrogens (tertiary/aromatic N) is 2. The number of hydrogen-bond donors (Lipinski definition) is 2. The number of amides is 2. The molecule has 0 bridgehead atoms. The molecule has 0 atom stereocenters. The number of benzene rings is 1. The second kappa shape index (κ2) is 8.97. The van der Waals surface area contributed by atoms with E-state index in [1.165, 1.54) is 12.1 Å². The number of carbonyl (C=O) groups excluding carboxylic acids is 2. The van der Waals surface area contributed by atoms with Crippen LogP contribution in [0.2, 0.25) is 0 Å². The number of anilines is 1. The van der Waals surface area contributed by atoms with Gasteiger partial charge in [-0.05, 0) is 38.9 Å². The molecule has 0 saturated heterocycles. The highest BCUT2D eigenvalue weighted by Gasteiger charge is 2.18. The lowest BCUT2D eigenvalue weighted by atomic mass is 10.2. The van der Waals surface area contributed by atoms with Crippen LogP contribution in [-0.4, -0.2) is 47.3 Å². The minimum absolute atomic E-state index is 0.0208. The van der Waals surface area contributed by atoms with Crippen LogP contribution in [0.1, 0.15) is 26.3 Å². The second-order valence-electron chi connectivity index (χ2n) is 5.85. The van der Waals surface area contributed by atoms with Gasteiger partial charge in [0.25, 0.3) is 5.69 Å². The molecule has 0 spiro atoms. The Morgan fingerprint density at radius 2 is 1.88 bits per heavy atom. The molecule has 24 heavy (non-hydrogen) atoms. The Labute approximate surface area is 141 Å². The molecule has 0 unspecified atom stereocenters. The Balaban J connectivity index is 2.71. The van der Waals surface area contributed by atoms with Crippen LogP contribution in [0.25, 0.3) is 0 Å². The fourth-order valence-corrected chi connectivity index (χ4v) is 2.14. The number of likely N-dealkylation sites (N-methyl/N-ethyl adjacent to an activating group) is 1. The quantitative estimate of drug-likeness (QED) is 0.555. The normalized spacial score (nSPS) is 10.8. The van der Waals surface area contributed by atoms with E-state index in [2.05, 4.69) is 10.6 Å². The predicted molar refractivity (Wildman–Crippen MR) is 91.9 cm³/mol. The van der Waals surface area contributed by atoms with E-state index in [4.69, 9.17) is 0 Å². The Hall–Kier alpha value is -2.48. The highest BCUT2D eigenvalue weighted by Crippen LogP contribution is 2.25. The molecular weight excluding hydrogens is 312 g/mol. The first-order valence-electron chi connectivity index (χ1n) is 7.79. The molecule has 2 N–H and O–H groups in total. The van der Waals surface area contributed by atoms with Crippen LogP contribution in [0, 0.1) is 17.0 Å². The highest BCUT2D eigenvalue weighted by molar-refractivity contribution is 5.94. The van der Waals surface area contributed by atoms with Crippen LogP contribution in [0.15, 0.2) is 18.2 Å². The van der Waals surface area contributed by atoms with E-state index in [1.54, 1.807) is 17.9 Å². The van der Waals surface area contributed by atoms with Crippen molar-refractivity contribution in [2.75, 3.05) is 25.0 Å². The lowest BCUT2D eigenvalue weighted by molar-refractivity contribution is -0.384. The van der Waals surface area contributed by atoms with Gasteiger partial charge in [0.1, 0.15) is 5.69 Å². The summed E-state index contributed by atoms with van der Waals surface area (Å²) in [4.78, 5) is 36.1. The molecule has 0 radical (unpaired) electrons. The third-order valence-corrected chi connectivity index (χ3v) is 3.26. The van der Waals surface area contributed by atoms with Crippen molar-refractivity contribution >= 4 is 23.2 Å². The first-order chi connectivity index (χ1) is 11.2. The summed E-state index contributed by atoms with van der Waals surface area (Å²) in [5.41, 5.74) is 0.738. The lowest BCUT2D eigenvalue weighted by Gasteiger charge is -2.20. The summed E-state index contributed by atoms with van der Waals surface area (Å²) in [5, 5.41) is 16.4. The first-order valence-corrected chi connectivity index (χ1v) is 7.79. The Bertz CT molecular complexity index is 616. The Kier molecular flexibility index (Phi) is 7.31. The largest absolute Gasteiger partial charge is 0.353 e. The fraction of sp³-hybridized carbons (Fsp3) is 0.500. The van der Waals surface area contributed by atoms with Crippen molar-refractivity contribution in [1.29, 1.82) is 0 Å². The average molecular weight is 336 g/mol. The molecule has 1 aromatic carbocycles. The first kappa shape index (κ1) is 19.6. The molecule has 0 aliphatic heterocycles. The topological polar surface area (TPSA) is 105 Å². The van der Waals surface area contributed by atoms with Gasteiger partial charge in [-0.15, -0.1) is 0 Å². The number of hydrogen-bond acceptors (Lipinski definition) is 5. The molecule has 0 aliphatic carbocycles. The number of carbonyl (C=O) groups is 2. The Morgan fingerprint density at radius 1 is 1.25 bits per heavy atom. The molecule has 2 amide bonds. The van der Waals surface area contributed by atoms with Crippen LogP contribution in [0.4, 0.5) is 11.4 Å². The molecule has 8 heteroatoms. The summed E-state index contributed by atoms with van der Waals surface area (Å²) in [6.07, 6.45) is 0. The third kappa shape index (κ3) is 6.33. The maximum atomic E-state index is 12.1. The third-order valence-electron chi connectivity index (χ3n) is 3.26. The summed E-state index contributed by atoms with van der Waals surface area (Å²) < 4.78 is 0. The van der Waals surface area contributed by atoms with Gasteiger partial charge in [-0.25, -0.2) is 0 Å². The van der Waals surface area contributed by atoms with Gasteiger partial charge >= 0.3 is 0 Å². The van der Waals surface area contributed by atoms with Gasteiger partial charge < -0.3 is 10.6 Å². The molecule has 0 aliphatic rings. The zero-order valence-electron chi connectivity index (χ0n) is 14.5. The van der Waals surface area contributed by atoms with Crippen molar-refractivity contribution in [2.24, 2.45) is 0 Å². The van der Waals surface area contributed by atoms with Crippen LogP contribution >= 0.6 is 0 Å². The van der Waals surface area contributed by atoms with E-state index in [1.807, 2.05) is 20.8 Å².